The molecule has 300 valence electrons. The molecule has 2 atom stereocenters. The molecule has 0 aromatic carbocycles. The number of esters is 1. The molecule has 0 saturated heterocycles. The molecule has 0 rings (SSSR count). The number of hydrogen-bond acceptors (Lipinski definition) is 6. The maximum absolute atomic E-state index is 12.6. The highest BCUT2D eigenvalue weighted by Crippen LogP contribution is 2.43. The van der Waals surface area contributed by atoms with Gasteiger partial charge < -0.3 is 18.9 Å². The number of phosphoric ester groups is 1. The Morgan fingerprint density at radius 3 is 1.32 bits per heavy atom. The Bertz CT molecular complexity index is 777. The minimum absolute atomic E-state index is 0.0937. The summed E-state index contributed by atoms with van der Waals surface area (Å²) in [5.74, 6) is -0.309. The van der Waals surface area contributed by atoms with Crippen LogP contribution in [0, 0.1) is 0 Å². The van der Waals surface area contributed by atoms with Crippen molar-refractivity contribution in [2.24, 2.45) is 0 Å². The third-order valence-electron chi connectivity index (χ3n) is 9.42. The fourth-order valence-electron chi connectivity index (χ4n) is 6.08. The molecule has 2 unspecified atom stereocenters. The van der Waals surface area contributed by atoms with Crippen molar-refractivity contribution < 1.29 is 37.3 Å². The second kappa shape index (κ2) is 35.5. The van der Waals surface area contributed by atoms with E-state index in [1.165, 1.54) is 148 Å². The van der Waals surface area contributed by atoms with Gasteiger partial charge in [-0.3, -0.25) is 13.8 Å². The largest absolute Gasteiger partial charge is 0.472 e. The lowest BCUT2D eigenvalue weighted by molar-refractivity contribution is -0.870. The maximum atomic E-state index is 12.6. The normalized spacial score (nSPS) is 13.8. The van der Waals surface area contributed by atoms with Crippen LogP contribution in [-0.4, -0.2) is 75.6 Å². The van der Waals surface area contributed by atoms with E-state index in [-0.39, 0.29) is 25.8 Å². The van der Waals surface area contributed by atoms with Crippen molar-refractivity contribution in [2.45, 2.75) is 206 Å². The molecule has 0 amide bonds. The van der Waals surface area contributed by atoms with E-state index in [9.17, 15) is 14.3 Å². The van der Waals surface area contributed by atoms with Gasteiger partial charge in [-0.2, -0.15) is 0 Å². The summed E-state index contributed by atoms with van der Waals surface area (Å²) in [6, 6.07) is 0. The summed E-state index contributed by atoms with van der Waals surface area (Å²) in [5, 5.41) is 0. The smallest absolute Gasteiger partial charge is 0.457 e. The van der Waals surface area contributed by atoms with Crippen LogP contribution in [0.2, 0.25) is 0 Å². The number of ether oxygens (including phenoxy) is 2. The van der Waals surface area contributed by atoms with Gasteiger partial charge in [0.15, 0.2) is 0 Å². The molecule has 9 heteroatoms. The van der Waals surface area contributed by atoms with E-state index in [0.29, 0.717) is 24.1 Å². The topological polar surface area (TPSA) is 91.3 Å². The first kappa shape index (κ1) is 49.5. The summed E-state index contributed by atoms with van der Waals surface area (Å²) in [4.78, 5) is 22.8. The molecule has 0 aliphatic heterocycles. The SMILES string of the molecule is CCCCCCCCCCCCCCCCCOCC(COP(=O)(O)OCC[N+](C)(C)C)OC(=O)CCCCCCCCCCCCCCC. The van der Waals surface area contributed by atoms with Crippen LogP contribution in [0.25, 0.3) is 0 Å². The summed E-state index contributed by atoms with van der Waals surface area (Å²) in [6.45, 7) is 5.67. The number of rotatable bonds is 40. The van der Waals surface area contributed by atoms with E-state index in [0.717, 1.165) is 32.1 Å². The van der Waals surface area contributed by atoms with E-state index in [4.69, 9.17) is 18.5 Å². The molecule has 0 fully saturated rings. The highest BCUT2D eigenvalue weighted by atomic mass is 31.2. The molecule has 0 radical (unpaired) electrons. The van der Waals surface area contributed by atoms with Crippen LogP contribution >= 0.6 is 7.82 Å². The zero-order chi connectivity index (χ0) is 37.0. The molecule has 0 spiro atoms. The van der Waals surface area contributed by atoms with Crippen LogP contribution in [0.1, 0.15) is 200 Å². The van der Waals surface area contributed by atoms with Gasteiger partial charge in [0.25, 0.3) is 0 Å². The van der Waals surface area contributed by atoms with Crippen molar-refractivity contribution in [3.63, 3.8) is 0 Å². The van der Waals surface area contributed by atoms with Gasteiger partial charge in [0.05, 0.1) is 34.4 Å². The molecular formula is C41H85NO7P+. The third kappa shape index (κ3) is 38.7. The van der Waals surface area contributed by atoms with Crippen LogP contribution in [0.3, 0.4) is 0 Å². The van der Waals surface area contributed by atoms with Crippen molar-refractivity contribution in [1.82, 2.24) is 0 Å². The number of nitrogens with zero attached hydrogens (tertiary/aromatic N) is 1. The Morgan fingerprint density at radius 1 is 0.540 bits per heavy atom. The van der Waals surface area contributed by atoms with Crippen LogP contribution < -0.4 is 0 Å². The van der Waals surface area contributed by atoms with Crippen LogP contribution in [0.4, 0.5) is 0 Å². The third-order valence-corrected chi connectivity index (χ3v) is 10.4. The van der Waals surface area contributed by atoms with Gasteiger partial charge in [0.2, 0.25) is 0 Å². The highest BCUT2D eigenvalue weighted by Gasteiger charge is 2.26. The van der Waals surface area contributed by atoms with Crippen molar-refractivity contribution in [2.75, 3.05) is 54.1 Å². The number of hydrogen-bond donors (Lipinski definition) is 1. The standard InChI is InChI=1S/C41H84NO7P/c1-6-8-10-12-14-16-18-20-21-23-25-27-29-31-33-36-46-38-40(39-48-50(44,45)47-37-35-42(3,4)5)49-41(43)34-32-30-28-26-24-22-19-17-15-13-11-9-7-2/h40H,6-39H2,1-5H3/p+1. The highest BCUT2D eigenvalue weighted by molar-refractivity contribution is 7.47. The second-order valence-electron chi connectivity index (χ2n) is 15.7. The number of carbonyl (C=O) groups excluding carboxylic acids is 1. The quantitative estimate of drug-likeness (QED) is 0.0290. The van der Waals surface area contributed by atoms with Crippen LogP contribution in [0.5, 0.6) is 0 Å². The van der Waals surface area contributed by atoms with Gasteiger partial charge >= 0.3 is 13.8 Å². The summed E-state index contributed by atoms with van der Waals surface area (Å²) in [7, 11) is 1.68. The van der Waals surface area contributed by atoms with E-state index in [1.807, 2.05) is 21.1 Å². The molecule has 1 N–H and O–H groups in total. The fourth-order valence-corrected chi connectivity index (χ4v) is 6.82. The predicted octanol–water partition coefficient (Wildman–Crippen LogP) is 12.1. The average molecular weight is 735 g/mol. The number of likely N-dealkylation sites (N-methyl/N-ethyl adjacent to an activating group) is 1. The minimum Gasteiger partial charge on any atom is -0.457 e. The maximum Gasteiger partial charge on any atom is 0.472 e. The second-order valence-corrected chi connectivity index (χ2v) is 17.2. The van der Waals surface area contributed by atoms with Gasteiger partial charge in [-0.25, -0.2) is 4.57 Å². The first-order chi connectivity index (χ1) is 24.1. The zero-order valence-electron chi connectivity index (χ0n) is 33.9. The molecule has 0 aromatic heterocycles. The van der Waals surface area contributed by atoms with E-state index in [2.05, 4.69) is 13.8 Å². The van der Waals surface area contributed by atoms with Crippen molar-refractivity contribution >= 4 is 13.8 Å². The van der Waals surface area contributed by atoms with Gasteiger partial charge in [-0.1, -0.05) is 181 Å². The summed E-state index contributed by atoms with van der Waals surface area (Å²) < 4.78 is 35.0. The van der Waals surface area contributed by atoms with E-state index >= 15 is 0 Å². The Kier molecular flexibility index (Phi) is 35.2. The first-order valence-electron chi connectivity index (χ1n) is 21.3. The Labute approximate surface area is 310 Å². The molecule has 0 saturated carbocycles. The van der Waals surface area contributed by atoms with Crippen LogP contribution in [0.15, 0.2) is 0 Å². The lowest BCUT2D eigenvalue weighted by Gasteiger charge is -2.24. The van der Waals surface area contributed by atoms with Gasteiger partial charge in [-0.05, 0) is 12.8 Å². The fraction of sp³-hybridized carbons (Fsp3) is 0.976. The number of phosphoric acid groups is 1. The van der Waals surface area contributed by atoms with Crippen molar-refractivity contribution in [3.8, 4) is 0 Å². The predicted molar refractivity (Wildman–Crippen MR) is 211 cm³/mol. The number of carbonyl (C=O) groups is 1. The average Bonchev–Trinajstić information content (AvgIpc) is 3.06. The number of quaternary nitrogens is 1. The molecule has 0 bridgehead atoms. The molecule has 0 aromatic rings. The van der Waals surface area contributed by atoms with Crippen LogP contribution in [-0.2, 0) is 27.9 Å². The zero-order valence-corrected chi connectivity index (χ0v) is 34.8. The van der Waals surface area contributed by atoms with Crippen molar-refractivity contribution in [1.29, 1.82) is 0 Å². The Balaban J connectivity index is 4.21. The molecule has 8 nitrogen and oxygen atoms in total. The lowest BCUT2D eigenvalue weighted by atomic mass is 10.0. The lowest BCUT2D eigenvalue weighted by Crippen LogP contribution is -2.37. The summed E-state index contributed by atoms with van der Waals surface area (Å²) in [5.41, 5.74) is 0. The Morgan fingerprint density at radius 2 is 0.920 bits per heavy atom. The van der Waals surface area contributed by atoms with Gasteiger partial charge in [0, 0.05) is 13.0 Å². The van der Waals surface area contributed by atoms with Gasteiger partial charge in [-0.15, -0.1) is 0 Å². The summed E-state index contributed by atoms with van der Waals surface area (Å²) in [6.07, 6.45) is 35.5. The van der Waals surface area contributed by atoms with Gasteiger partial charge in [0.1, 0.15) is 19.3 Å². The summed E-state index contributed by atoms with van der Waals surface area (Å²) >= 11 is 0. The monoisotopic (exact) mass is 735 g/mol. The molecule has 0 aliphatic carbocycles. The van der Waals surface area contributed by atoms with Crippen molar-refractivity contribution in [3.05, 3.63) is 0 Å². The Hall–Kier alpha value is -0.500. The molecule has 0 heterocycles. The minimum atomic E-state index is -4.26. The number of unbranched alkanes of at least 4 members (excludes halogenated alkanes) is 26. The first-order valence-corrected chi connectivity index (χ1v) is 22.8. The molecule has 0 aliphatic rings. The molecular weight excluding hydrogens is 649 g/mol. The molecule has 50 heavy (non-hydrogen) atoms. The van der Waals surface area contributed by atoms with E-state index < -0.39 is 13.9 Å². The van der Waals surface area contributed by atoms with E-state index in [1.54, 1.807) is 0 Å².